The predicted octanol–water partition coefficient (Wildman–Crippen LogP) is 3.19. The van der Waals surface area contributed by atoms with E-state index in [0.29, 0.717) is 0 Å². The van der Waals surface area contributed by atoms with Crippen molar-refractivity contribution < 1.29 is 22.8 Å². The van der Waals surface area contributed by atoms with Crippen molar-refractivity contribution in [2.45, 2.75) is 44.8 Å². The first-order valence-electron chi connectivity index (χ1n) is 7.78. The van der Waals surface area contributed by atoms with Gasteiger partial charge in [0.25, 0.3) is 0 Å². The molecule has 1 aromatic carbocycles. The molecule has 8 heteroatoms. The number of imide groups is 1. The predicted molar refractivity (Wildman–Crippen MR) is 83.6 cm³/mol. The highest BCUT2D eigenvalue weighted by Crippen LogP contribution is 2.33. The molecule has 1 aliphatic rings. The third-order valence-electron chi connectivity index (χ3n) is 3.94. The SMILES string of the molecule is Cc1ccc(NCC(=O)NC(=O)NC2CCCC2)cc1C(F)(F)F. The van der Waals surface area contributed by atoms with Gasteiger partial charge in [-0.05, 0) is 37.5 Å². The number of benzene rings is 1. The number of alkyl halides is 3. The van der Waals surface area contributed by atoms with Gasteiger partial charge in [0.05, 0.1) is 12.1 Å². The standard InChI is InChI=1S/C16H20F3N3O2/c1-10-6-7-12(8-13(10)16(17,18)19)20-9-14(23)22-15(24)21-11-4-2-3-5-11/h6-8,11,20H,2-5,9H2,1H3,(H2,21,22,23,24). The van der Waals surface area contributed by atoms with Gasteiger partial charge in [-0.2, -0.15) is 13.2 Å². The Kier molecular flexibility index (Phi) is 5.69. The second-order valence-electron chi connectivity index (χ2n) is 5.88. The molecule has 132 valence electrons. The Bertz CT molecular complexity index is 611. The van der Waals surface area contributed by atoms with Gasteiger partial charge in [-0.15, -0.1) is 0 Å². The number of hydrogen-bond donors (Lipinski definition) is 3. The molecule has 0 unspecified atom stereocenters. The van der Waals surface area contributed by atoms with E-state index < -0.39 is 23.7 Å². The van der Waals surface area contributed by atoms with Crippen molar-refractivity contribution in [2.24, 2.45) is 0 Å². The number of halogens is 3. The van der Waals surface area contributed by atoms with E-state index >= 15 is 0 Å². The molecule has 2 rings (SSSR count). The molecule has 0 aliphatic heterocycles. The third kappa shape index (κ3) is 5.14. The summed E-state index contributed by atoms with van der Waals surface area (Å²) in [6, 6.07) is 3.24. The molecular formula is C16H20F3N3O2. The van der Waals surface area contributed by atoms with E-state index in [1.807, 2.05) is 0 Å². The topological polar surface area (TPSA) is 70.2 Å². The highest BCUT2D eigenvalue weighted by atomic mass is 19.4. The van der Waals surface area contributed by atoms with Crippen LogP contribution in [-0.2, 0) is 11.0 Å². The minimum atomic E-state index is -4.45. The van der Waals surface area contributed by atoms with E-state index in [4.69, 9.17) is 0 Å². The average molecular weight is 343 g/mol. The molecule has 1 aromatic rings. The Balaban J connectivity index is 1.84. The van der Waals surface area contributed by atoms with Gasteiger partial charge in [-0.1, -0.05) is 18.9 Å². The van der Waals surface area contributed by atoms with Crippen LogP contribution in [0.4, 0.5) is 23.7 Å². The molecule has 0 aromatic heterocycles. The molecule has 0 spiro atoms. The number of aryl methyl sites for hydroxylation is 1. The number of carbonyl (C=O) groups is 2. The second-order valence-corrected chi connectivity index (χ2v) is 5.88. The number of anilines is 1. The van der Waals surface area contributed by atoms with Crippen molar-refractivity contribution in [1.29, 1.82) is 0 Å². The normalized spacial score (nSPS) is 15.2. The molecule has 1 saturated carbocycles. The molecule has 1 aliphatic carbocycles. The van der Waals surface area contributed by atoms with Crippen molar-refractivity contribution in [3.05, 3.63) is 29.3 Å². The Morgan fingerprint density at radius 2 is 1.88 bits per heavy atom. The monoisotopic (exact) mass is 343 g/mol. The Morgan fingerprint density at radius 3 is 2.50 bits per heavy atom. The van der Waals surface area contributed by atoms with Crippen LogP contribution in [0.5, 0.6) is 0 Å². The van der Waals surface area contributed by atoms with Gasteiger partial charge in [0.1, 0.15) is 0 Å². The van der Waals surface area contributed by atoms with Gasteiger partial charge in [0, 0.05) is 11.7 Å². The summed E-state index contributed by atoms with van der Waals surface area (Å²) in [6.07, 6.45) is -0.567. The summed E-state index contributed by atoms with van der Waals surface area (Å²) in [6.45, 7) is 1.07. The summed E-state index contributed by atoms with van der Waals surface area (Å²) in [4.78, 5) is 23.3. The maximum absolute atomic E-state index is 12.8. The second kappa shape index (κ2) is 7.55. The molecule has 0 atom stereocenters. The number of hydrogen-bond acceptors (Lipinski definition) is 3. The molecule has 0 heterocycles. The highest BCUT2D eigenvalue weighted by molar-refractivity contribution is 5.96. The lowest BCUT2D eigenvalue weighted by Crippen LogP contribution is -2.45. The lowest BCUT2D eigenvalue weighted by molar-refractivity contribution is -0.138. The van der Waals surface area contributed by atoms with Crippen LogP contribution in [0.1, 0.15) is 36.8 Å². The summed E-state index contributed by atoms with van der Waals surface area (Å²) in [5.41, 5.74) is -0.486. The van der Waals surface area contributed by atoms with Crippen molar-refractivity contribution in [2.75, 3.05) is 11.9 Å². The Hall–Kier alpha value is -2.25. The fourth-order valence-corrected chi connectivity index (χ4v) is 2.68. The Labute approximate surface area is 138 Å². The molecule has 0 radical (unpaired) electrons. The van der Waals surface area contributed by atoms with Crippen LogP contribution in [0.2, 0.25) is 0 Å². The highest BCUT2D eigenvalue weighted by Gasteiger charge is 2.32. The molecule has 1 fully saturated rings. The molecule has 0 bridgehead atoms. The molecular weight excluding hydrogens is 323 g/mol. The fourth-order valence-electron chi connectivity index (χ4n) is 2.68. The van der Waals surface area contributed by atoms with Crippen LogP contribution in [0.3, 0.4) is 0 Å². The first-order valence-corrected chi connectivity index (χ1v) is 7.78. The van der Waals surface area contributed by atoms with Crippen molar-refractivity contribution in [3.63, 3.8) is 0 Å². The van der Waals surface area contributed by atoms with E-state index in [1.165, 1.54) is 19.1 Å². The Morgan fingerprint density at radius 1 is 1.21 bits per heavy atom. The number of urea groups is 1. The van der Waals surface area contributed by atoms with E-state index in [-0.39, 0.29) is 23.8 Å². The van der Waals surface area contributed by atoms with Crippen molar-refractivity contribution in [3.8, 4) is 0 Å². The molecule has 3 N–H and O–H groups in total. The van der Waals surface area contributed by atoms with Crippen LogP contribution in [0.15, 0.2) is 18.2 Å². The van der Waals surface area contributed by atoms with E-state index in [1.54, 1.807) is 0 Å². The molecule has 5 nitrogen and oxygen atoms in total. The van der Waals surface area contributed by atoms with Gasteiger partial charge in [0.15, 0.2) is 0 Å². The van der Waals surface area contributed by atoms with Gasteiger partial charge < -0.3 is 10.6 Å². The van der Waals surface area contributed by atoms with Crippen LogP contribution >= 0.6 is 0 Å². The minimum Gasteiger partial charge on any atom is -0.376 e. The zero-order chi connectivity index (χ0) is 17.7. The zero-order valence-corrected chi connectivity index (χ0v) is 13.3. The quantitative estimate of drug-likeness (QED) is 0.786. The van der Waals surface area contributed by atoms with Crippen LogP contribution in [-0.4, -0.2) is 24.5 Å². The molecule has 3 amide bonds. The van der Waals surface area contributed by atoms with E-state index in [2.05, 4.69) is 16.0 Å². The number of amides is 3. The summed E-state index contributed by atoms with van der Waals surface area (Å²) in [7, 11) is 0. The minimum absolute atomic E-state index is 0.0807. The largest absolute Gasteiger partial charge is 0.416 e. The van der Waals surface area contributed by atoms with Crippen molar-refractivity contribution >= 4 is 17.6 Å². The summed E-state index contributed by atoms with van der Waals surface area (Å²) in [5, 5.41) is 7.45. The summed E-state index contributed by atoms with van der Waals surface area (Å²) in [5.74, 6) is -0.611. The number of rotatable bonds is 4. The van der Waals surface area contributed by atoms with Crippen LogP contribution < -0.4 is 16.0 Å². The first-order chi connectivity index (χ1) is 11.3. The van der Waals surface area contributed by atoms with Gasteiger partial charge in [-0.3, -0.25) is 10.1 Å². The lowest BCUT2D eigenvalue weighted by atomic mass is 10.1. The number of carbonyl (C=O) groups excluding carboxylic acids is 2. The van der Waals surface area contributed by atoms with Crippen LogP contribution in [0, 0.1) is 6.92 Å². The first kappa shape index (κ1) is 18.1. The average Bonchev–Trinajstić information content (AvgIpc) is 2.97. The fraction of sp³-hybridized carbons (Fsp3) is 0.500. The van der Waals surface area contributed by atoms with E-state index in [9.17, 15) is 22.8 Å². The number of nitrogens with one attached hydrogen (secondary N) is 3. The third-order valence-corrected chi connectivity index (χ3v) is 3.94. The summed E-state index contributed by atoms with van der Waals surface area (Å²) >= 11 is 0. The zero-order valence-electron chi connectivity index (χ0n) is 13.3. The smallest absolute Gasteiger partial charge is 0.376 e. The van der Waals surface area contributed by atoms with Gasteiger partial charge in [-0.25, -0.2) is 4.79 Å². The van der Waals surface area contributed by atoms with Crippen LogP contribution in [0.25, 0.3) is 0 Å². The van der Waals surface area contributed by atoms with E-state index in [0.717, 1.165) is 31.7 Å². The molecule has 0 saturated heterocycles. The maximum Gasteiger partial charge on any atom is 0.416 e. The van der Waals surface area contributed by atoms with Gasteiger partial charge >= 0.3 is 12.2 Å². The molecule has 24 heavy (non-hydrogen) atoms. The summed E-state index contributed by atoms with van der Waals surface area (Å²) < 4.78 is 38.5. The maximum atomic E-state index is 12.8. The van der Waals surface area contributed by atoms with Crippen molar-refractivity contribution in [1.82, 2.24) is 10.6 Å². The lowest BCUT2D eigenvalue weighted by Gasteiger charge is -2.14. The van der Waals surface area contributed by atoms with Gasteiger partial charge in [0.2, 0.25) is 5.91 Å².